The van der Waals surface area contributed by atoms with E-state index in [0.29, 0.717) is 29.0 Å². The molecule has 5 rings (SSSR count). The van der Waals surface area contributed by atoms with Crippen molar-refractivity contribution in [2.45, 2.75) is 30.7 Å². The highest BCUT2D eigenvalue weighted by atomic mass is 32.2. The molecule has 1 fully saturated rings. The van der Waals surface area contributed by atoms with Crippen molar-refractivity contribution < 1.29 is 41.3 Å². The number of benzene rings is 3. The number of hydrogen-bond donors (Lipinski definition) is 0. The second-order valence-corrected chi connectivity index (χ2v) is 11.3. The van der Waals surface area contributed by atoms with Crippen LogP contribution in [0.25, 0.3) is 11.1 Å². The number of para-hydroxylation sites is 1. The van der Waals surface area contributed by atoms with Gasteiger partial charge in [-0.1, -0.05) is 24.3 Å². The van der Waals surface area contributed by atoms with Crippen LogP contribution in [-0.4, -0.2) is 64.2 Å². The van der Waals surface area contributed by atoms with E-state index < -0.39 is 40.3 Å². The average Bonchev–Trinajstić information content (AvgIpc) is 3.45. The van der Waals surface area contributed by atoms with Crippen LogP contribution < -0.4 is 19.1 Å². The van der Waals surface area contributed by atoms with Crippen LogP contribution in [0.15, 0.2) is 65.6 Å². The molecule has 3 aromatic carbocycles. The van der Waals surface area contributed by atoms with Gasteiger partial charge in [0.15, 0.2) is 11.5 Å². The third-order valence-electron chi connectivity index (χ3n) is 6.96. The molecule has 0 spiro atoms. The molecule has 0 aliphatic carbocycles. The lowest BCUT2D eigenvalue weighted by atomic mass is 10.0. The van der Waals surface area contributed by atoms with Gasteiger partial charge < -0.3 is 23.8 Å². The molecule has 41 heavy (non-hydrogen) atoms. The molecule has 216 valence electrons. The minimum absolute atomic E-state index is 0.00918. The van der Waals surface area contributed by atoms with Crippen LogP contribution in [0.2, 0.25) is 0 Å². The van der Waals surface area contributed by atoms with E-state index in [2.05, 4.69) is 0 Å². The summed E-state index contributed by atoms with van der Waals surface area (Å²) >= 11 is 0. The number of esters is 1. The Balaban J connectivity index is 1.48. The van der Waals surface area contributed by atoms with E-state index in [4.69, 9.17) is 18.9 Å². The first-order chi connectivity index (χ1) is 19.7. The summed E-state index contributed by atoms with van der Waals surface area (Å²) in [5.41, 5.74) is 1.24. The summed E-state index contributed by atoms with van der Waals surface area (Å²) in [4.78, 5) is 27.4. The van der Waals surface area contributed by atoms with Gasteiger partial charge in [0, 0.05) is 18.2 Å². The zero-order valence-corrected chi connectivity index (χ0v) is 23.4. The Morgan fingerprint density at radius 2 is 1.88 bits per heavy atom. The molecule has 0 saturated carbocycles. The number of carbonyl (C=O) groups is 2. The largest absolute Gasteiger partial charge is 0.496 e. The number of carbonyl (C=O) groups excluding carboxylic acids is 2. The molecule has 3 aromatic rings. The van der Waals surface area contributed by atoms with E-state index in [-0.39, 0.29) is 42.7 Å². The first kappa shape index (κ1) is 28.4. The van der Waals surface area contributed by atoms with Crippen LogP contribution in [0.5, 0.6) is 17.2 Å². The molecule has 10 nitrogen and oxygen atoms in total. The summed E-state index contributed by atoms with van der Waals surface area (Å²) in [6, 6.07) is 14.4. The van der Waals surface area contributed by atoms with Crippen LogP contribution in [0, 0.1) is 5.82 Å². The number of amides is 1. The van der Waals surface area contributed by atoms with Gasteiger partial charge >= 0.3 is 5.97 Å². The summed E-state index contributed by atoms with van der Waals surface area (Å²) in [6.07, 6.45) is 0.513. The Kier molecular flexibility index (Phi) is 8.13. The van der Waals surface area contributed by atoms with Crippen molar-refractivity contribution in [1.82, 2.24) is 4.31 Å². The minimum Gasteiger partial charge on any atom is -0.496 e. The first-order valence-electron chi connectivity index (χ1n) is 13.1. The van der Waals surface area contributed by atoms with Gasteiger partial charge in [0.05, 0.1) is 24.3 Å². The Bertz CT molecular complexity index is 1580. The number of anilines is 1. The number of halogens is 1. The molecule has 12 heteroatoms. The maximum Gasteiger partial charge on any atom is 0.321 e. The Morgan fingerprint density at radius 1 is 1.10 bits per heavy atom. The highest BCUT2D eigenvalue weighted by molar-refractivity contribution is 7.89. The van der Waals surface area contributed by atoms with Crippen molar-refractivity contribution >= 4 is 27.6 Å². The lowest BCUT2D eigenvalue weighted by Gasteiger charge is -2.37. The lowest BCUT2D eigenvalue weighted by Crippen LogP contribution is -2.55. The normalized spacial score (nSPS) is 16.6. The third kappa shape index (κ3) is 5.57. The van der Waals surface area contributed by atoms with Crippen molar-refractivity contribution in [2.75, 3.05) is 38.5 Å². The number of methoxy groups -OCH3 is 1. The monoisotopic (exact) mass is 584 g/mol. The Hall–Kier alpha value is -4.16. The number of fused-ring (bicyclic) bond motifs is 1. The zero-order valence-electron chi connectivity index (χ0n) is 22.5. The molecule has 0 radical (unpaired) electrons. The van der Waals surface area contributed by atoms with Crippen molar-refractivity contribution in [3.05, 3.63) is 66.5 Å². The minimum atomic E-state index is -4.39. The number of sulfonamides is 1. The molecule has 2 heterocycles. The fourth-order valence-electron chi connectivity index (χ4n) is 5.01. The third-order valence-corrected chi connectivity index (χ3v) is 8.81. The topological polar surface area (TPSA) is 112 Å². The molecule has 0 N–H and O–H groups in total. The number of rotatable bonds is 9. The quantitative estimate of drug-likeness (QED) is 0.348. The zero-order chi connectivity index (χ0) is 29.1. The van der Waals surface area contributed by atoms with Gasteiger partial charge in [-0.2, -0.15) is 4.31 Å². The standard InChI is InChI=1S/C29H29FN2O8S/c1-3-38-28(33)17-32(41(35,36)20-11-13-26-27(16-20)40-18-39-26)24-8-6-14-31(29(24)34)23-12-10-19(15-22(23)30)21-7-4-5-9-25(21)37-2/h4-5,7,9-13,15-16,24H,3,6,8,14,17-18H2,1-2H3. The van der Waals surface area contributed by atoms with Crippen LogP contribution in [0.3, 0.4) is 0 Å². The van der Waals surface area contributed by atoms with Crippen molar-refractivity contribution in [2.24, 2.45) is 0 Å². The molecule has 2 aliphatic rings. The molecule has 1 saturated heterocycles. The molecule has 0 bridgehead atoms. The lowest BCUT2D eigenvalue weighted by molar-refractivity contribution is -0.144. The average molecular weight is 585 g/mol. The van der Waals surface area contributed by atoms with Gasteiger partial charge in [0.1, 0.15) is 24.2 Å². The number of nitrogens with zero attached hydrogens (tertiary/aromatic N) is 2. The number of hydrogen-bond acceptors (Lipinski definition) is 8. The fourth-order valence-corrected chi connectivity index (χ4v) is 6.58. The van der Waals surface area contributed by atoms with Crippen molar-refractivity contribution in [3.63, 3.8) is 0 Å². The second kappa shape index (κ2) is 11.8. The predicted octanol–water partition coefficient (Wildman–Crippen LogP) is 3.98. The molecule has 1 amide bonds. The molecule has 1 unspecified atom stereocenters. The van der Waals surface area contributed by atoms with Crippen LogP contribution in [0.4, 0.5) is 10.1 Å². The summed E-state index contributed by atoms with van der Waals surface area (Å²) in [5.74, 6) is -0.929. The van der Waals surface area contributed by atoms with Gasteiger partial charge in [-0.05, 0) is 55.7 Å². The molecule has 0 aromatic heterocycles. The van der Waals surface area contributed by atoms with Gasteiger partial charge in [-0.25, -0.2) is 12.8 Å². The number of piperidine rings is 1. The van der Waals surface area contributed by atoms with E-state index in [1.807, 2.05) is 0 Å². The Morgan fingerprint density at radius 3 is 2.63 bits per heavy atom. The van der Waals surface area contributed by atoms with Crippen molar-refractivity contribution in [3.8, 4) is 28.4 Å². The Labute approximate surface area is 237 Å². The number of ether oxygens (including phenoxy) is 4. The summed E-state index contributed by atoms with van der Waals surface area (Å²) < 4.78 is 65.1. The van der Waals surface area contributed by atoms with E-state index in [1.165, 1.54) is 42.3 Å². The van der Waals surface area contributed by atoms with Crippen LogP contribution >= 0.6 is 0 Å². The van der Waals surface area contributed by atoms with E-state index in [0.717, 1.165) is 4.31 Å². The highest BCUT2D eigenvalue weighted by Crippen LogP contribution is 2.37. The fraction of sp³-hybridized carbons (Fsp3) is 0.310. The van der Waals surface area contributed by atoms with Crippen molar-refractivity contribution in [1.29, 1.82) is 0 Å². The van der Waals surface area contributed by atoms with Crippen LogP contribution in [-0.2, 0) is 24.3 Å². The van der Waals surface area contributed by atoms with Gasteiger partial charge in [0.25, 0.3) is 0 Å². The van der Waals surface area contributed by atoms with E-state index in [1.54, 1.807) is 37.3 Å². The second-order valence-electron chi connectivity index (χ2n) is 9.38. The van der Waals surface area contributed by atoms with Gasteiger partial charge in [-0.15, -0.1) is 0 Å². The SMILES string of the molecule is CCOC(=O)CN(C1CCCN(c2ccc(-c3ccccc3OC)cc2F)C1=O)S(=O)(=O)c1ccc2c(c1)OCO2. The summed E-state index contributed by atoms with van der Waals surface area (Å²) in [6.45, 7) is 1.06. The maximum absolute atomic E-state index is 15.5. The van der Waals surface area contributed by atoms with Crippen LogP contribution in [0.1, 0.15) is 19.8 Å². The molecular formula is C29H29FN2O8S. The van der Waals surface area contributed by atoms with Gasteiger partial charge in [0.2, 0.25) is 22.7 Å². The maximum atomic E-state index is 15.5. The summed E-state index contributed by atoms with van der Waals surface area (Å²) in [7, 11) is -2.87. The van der Waals surface area contributed by atoms with Gasteiger partial charge in [-0.3, -0.25) is 9.59 Å². The molecule has 1 atom stereocenters. The van der Waals surface area contributed by atoms with E-state index in [9.17, 15) is 18.0 Å². The smallest absolute Gasteiger partial charge is 0.321 e. The highest BCUT2D eigenvalue weighted by Gasteiger charge is 2.42. The summed E-state index contributed by atoms with van der Waals surface area (Å²) in [5, 5.41) is 0. The molecular weight excluding hydrogens is 555 g/mol. The predicted molar refractivity (Wildman–Crippen MR) is 147 cm³/mol. The first-order valence-corrected chi connectivity index (χ1v) is 14.5. The van der Waals surface area contributed by atoms with E-state index >= 15 is 4.39 Å². The molecule has 2 aliphatic heterocycles.